The Hall–Kier alpha value is -3.62. The lowest BCUT2D eigenvalue weighted by atomic mass is 10.1. The Morgan fingerprint density at radius 1 is 1.19 bits per heavy atom. The van der Waals surface area contributed by atoms with E-state index < -0.39 is 6.61 Å². The molecule has 1 aromatic heterocycles. The maximum Gasteiger partial charge on any atom is 0.387 e. The van der Waals surface area contributed by atoms with Gasteiger partial charge in [0.15, 0.2) is 17.5 Å². The van der Waals surface area contributed by atoms with Crippen LogP contribution in [0, 0.1) is 0 Å². The molecule has 0 aliphatic heterocycles. The highest BCUT2D eigenvalue weighted by atomic mass is 19.3. The molecule has 0 spiro atoms. The molecule has 0 fully saturated rings. The van der Waals surface area contributed by atoms with Crippen molar-refractivity contribution in [1.82, 2.24) is 20.2 Å². The van der Waals surface area contributed by atoms with Crippen LogP contribution in [0.4, 0.5) is 8.78 Å². The normalized spacial score (nSPS) is 11.5. The quantitative estimate of drug-likeness (QED) is 0.387. The predicted octanol–water partition coefficient (Wildman–Crippen LogP) is 3.94. The van der Waals surface area contributed by atoms with Gasteiger partial charge in [0.25, 0.3) is 0 Å². The van der Waals surface area contributed by atoms with E-state index in [2.05, 4.69) is 25.0 Å². The molecule has 9 heteroatoms. The number of aliphatic imine (C=N–C) groups is 1. The number of alkyl halides is 2. The van der Waals surface area contributed by atoms with Crippen molar-refractivity contribution in [2.45, 2.75) is 19.6 Å². The van der Waals surface area contributed by atoms with Crippen LogP contribution in [0.5, 0.6) is 11.5 Å². The molecule has 1 heterocycles. The third kappa shape index (κ3) is 6.19. The Labute approximate surface area is 186 Å². The monoisotopic (exact) mass is 443 g/mol. The van der Waals surface area contributed by atoms with Gasteiger partial charge in [-0.3, -0.25) is 4.99 Å². The summed E-state index contributed by atoms with van der Waals surface area (Å²) in [6, 6.07) is 15.0. The Bertz CT molecular complexity index is 1020. The Balaban J connectivity index is 1.55. The molecule has 3 aromatic rings. The second-order valence-corrected chi connectivity index (χ2v) is 7.05. The minimum Gasteiger partial charge on any atom is -0.493 e. The van der Waals surface area contributed by atoms with Crippen molar-refractivity contribution in [3.63, 3.8) is 0 Å². The van der Waals surface area contributed by atoms with Gasteiger partial charge < -0.3 is 24.7 Å². The number of benzene rings is 2. The lowest BCUT2D eigenvalue weighted by molar-refractivity contribution is -0.0512. The Morgan fingerprint density at radius 2 is 1.97 bits per heavy atom. The van der Waals surface area contributed by atoms with Crippen LogP contribution in [-0.2, 0) is 13.0 Å². The van der Waals surface area contributed by atoms with Crippen molar-refractivity contribution in [2.24, 2.45) is 4.99 Å². The molecule has 0 aliphatic rings. The number of imidazole rings is 1. The minimum atomic E-state index is -2.91. The zero-order chi connectivity index (χ0) is 22.9. The van der Waals surface area contributed by atoms with Crippen LogP contribution in [0.2, 0.25) is 0 Å². The van der Waals surface area contributed by atoms with E-state index in [9.17, 15) is 8.78 Å². The van der Waals surface area contributed by atoms with Gasteiger partial charge in [0, 0.05) is 20.6 Å². The summed E-state index contributed by atoms with van der Waals surface area (Å²) in [4.78, 5) is 14.1. The maximum atomic E-state index is 12.6. The highest BCUT2D eigenvalue weighted by Gasteiger charge is 2.12. The highest BCUT2D eigenvalue weighted by Crippen LogP contribution is 2.29. The van der Waals surface area contributed by atoms with E-state index in [-0.39, 0.29) is 11.5 Å². The number of nitrogens with one attached hydrogen (secondary N) is 2. The SMILES string of the molecule is CN=C(NCCc1ccc(OC)c(OC(F)F)c1)N(C)Cc1ncc(-c2ccccc2)[nH]1. The van der Waals surface area contributed by atoms with Crippen LogP contribution in [-0.4, -0.2) is 55.2 Å². The zero-order valence-corrected chi connectivity index (χ0v) is 18.3. The summed E-state index contributed by atoms with van der Waals surface area (Å²) in [5.41, 5.74) is 2.87. The van der Waals surface area contributed by atoms with Crippen molar-refractivity contribution in [1.29, 1.82) is 0 Å². The topological polar surface area (TPSA) is 74.8 Å². The van der Waals surface area contributed by atoms with Gasteiger partial charge in [-0.05, 0) is 29.7 Å². The average Bonchev–Trinajstić information content (AvgIpc) is 3.25. The minimum absolute atomic E-state index is 0.0218. The predicted molar refractivity (Wildman–Crippen MR) is 120 cm³/mol. The van der Waals surface area contributed by atoms with E-state index >= 15 is 0 Å². The van der Waals surface area contributed by atoms with Crippen LogP contribution in [0.3, 0.4) is 0 Å². The smallest absolute Gasteiger partial charge is 0.387 e. The summed E-state index contributed by atoms with van der Waals surface area (Å²) in [7, 11) is 5.04. The third-order valence-corrected chi connectivity index (χ3v) is 4.81. The van der Waals surface area contributed by atoms with Crippen LogP contribution in [0.25, 0.3) is 11.3 Å². The first-order valence-electron chi connectivity index (χ1n) is 10.1. The summed E-state index contributed by atoms with van der Waals surface area (Å²) >= 11 is 0. The van der Waals surface area contributed by atoms with Crippen molar-refractivity contribution < 1.29 is 18.3 Å². The number of nitrogens with zero attached hydrogens (tertiary/aromatic N) is 3. The van der Waals surface area contributed by atoms with Gasteiger partial charge >= 0.3 is 6.61 Å². The molecule has 32 heavy (non-hydrogen) atoms. The fourth-order valence-electron chi connectivity index (χ4n) is 3.27. The maximum absolute atomic E-state index is 12.6. The lowest BCUT2D eigenvalue weighted by Crippen LogP contribution is -2.39. The van der Waals surface area contributed by atoms with E-state index in [0.717, 1.165) is 22.6 Å². The van der Waals surface area contributed by atoms with Gasteiger partial charge in [-0.25, -0.2) is 4.98 Å². The van der Waals surface area contributed by atoms with E-state index in [0.29, 0.717) is 25.5 Å². The summed E-state index contributed by atoms with van der Waals surface area (Å²) < 4.78 is 34.9. The van der Waals surface area contributed by atoms with Crippen LogP contribution in [0.15, 0.2) is 59.7 Å². The Morgan fingerprint density at radius 3 is 2.66 bits per heavy atom. The number of ether oxygens (including phenoxy) is 2. The first-order chi connectivity index (χ1) is 15.5. The lowest BCUT2D eigenvalue weighted by Gasteiger charge is -2.21. The Kier molecular flexibility index (Phi) is 8.02. The number of hydrogen-bond donors (Lipinski definition) is 2. The largest absolute Gasteiger partial charge is 0.493 e. The first kappa shape index (κ1) is 23.1. The number of aromatic nitrogens is 2. The van der Waals surface area contributed by atoms with Gasteiger partial charge in [0.1, 0.15) is 5.82 Å². The summed E-state index contributed by atoms with van der Waals surface area (Å²) in [6.07, 6.45) is 2.41. The van der Waals surface area contributed by atoms with Gasteiger partial charge in [-0.1, -0.05) is 36.4 Å². The zero-order valence-electron chi connectivity index (χ0n) is 18.3. The molecule has 0 unspecified atom stereocenters. The number of aromatic amines is 1. The summed E-state index contributed by atoms with van der Waals surface area (Å²) in [5.74, 6) is 1.80. The first-order valence-corrected chi connectivity index (χ1v) is 10.1. The van der Waals surface area contributed by atoms with E-state index in [1.807, 2.05) is 54.5 Å². The van der Waals surface area contributed by atoms with Crippen molar-refractivity contribution in [3.8, 4) is 22.8 Å². The number of halogens is 2. The van der Waals surface area contributed by atoms with E-state index in [1.54, 1.807) is 19.2 Å². The third-order valence-electron chi connectivity index (χ3n) is 4.81. The molecule has 0 bridgehead atoms. The standard InChI is InChI=1S/C23H27F2N5O2/c1-26-23(27-12-11-16-9-10-19(31-3)20(13-16)32-22(24)25)30(2)15-21-28-14-18(29-21)17-7-5-4-6-8-17/h4-10,13-14,22H,11-12,15H2,1-3H3,(H,26,27)(H,28,29). The number of rotatable bonds is 9. The molecule has 0 saturated heterocycles. The van der Waals surface area contributed by atoms with Gasteiger partial charge in [0.2, 0.25) is 0 Å². The molecule has 0 saturated carbocycles. The van der Waals surface area contributed by atoms with Gasteiger partial charge in [0.05, 0.1) is 25.5 Å². The van der Waals surface area contributed by atoms with E-state index in [1.165, 1.54) is 7.11 Å². The molecule has 170 valence electrons. The van der Waals surface area contributed by atoms with Crippen molar-refractivity contribution in [3.05, 3.63) is 66.1 Å². The number of H-pyrrole nitrogens is 1. The molecule has 0 atom stereocenters. The highest BCUT2D eigenvalue weighted by molar-refractivity contribution is 5.79. The molecule has 7 nitrogen and oxygen atoms in total. The molecular weight excluding hydrogens is 416 g/mol. The molecule has 2 aromatic carbocycles. The molecule has 0 radical (unpaired) electrons. The van der Waals surface area contributed by atoms with Crippen LogP contribution < -0.4 is 14.8 Å². The van der Waals surface area contributed by atoms with Crippen molar-refractivity contribution in [2.75, 3.05) is 27.7 Å². The fourth-order valence-corrected chi connectivity index (χ4v) is 3.27. The average molecular weight is 443 g/mol. The summed E-state index contributed by atoms with van der Waals surface area (Å²) in [6.45, 7) is -1.81. The molecule has 3 rings (SSSR count). The van der Waals surface area contributed by atoms with Gasteiger partial charge in [-0.15, -0.1) is 0 Å². The molecule has 0 amide bonds. The van der Waals surface area contributed by atoms with Crippen LogP contribution >= 0.6 is 0 Å². The fraction of sp³-hybridized carbons (Fsp3) is 0.304. The van der Waals surface area contributed by atoms with Crippen molar-refractivity contribution >= 4 is 5.96 Å². The second kappa shape index (κ2) is 11.1. The molecular formula is C23H27F2N5O2. The van der Waals surface area contributed by atoms with E-state index in [4.69, 9.17) is 4.74 Å². The second-order valence-electron chi connectivity index (χ2n) is 7.05. The molecule has 0 aliphatic carbocycles. The number of methoxy groups -OCH3 is 1. The molecule has 2 N–H and O–H groups in total. The number of hydrogen-bond acceptors (Lipinski definition) is 4. The van der Waals surface area contributed by atoms with Crippen LogP contribution in [0.1, 0.15) is 11.4 Å². The number of guanidine groups is 1. The summed E-state index contributed by atoms with van der Waals surface area (Å²) in [5, 5.41) is 3.28. The van der Waals surface area contributed by atoms with Gasteiger partial charge in [-0.2, -0.15) is 8.78 Å².